The summed E-state index contributed by atoms with van der Waals surface area (Å²) in [6, 6.07) is 12.8. The van der Waals surface area contributed by atoms with Crippen molar-refractivity contribution in [1.82, 2.24) is 40.3 Å². The Bertz CT molecular complexity index is 2280. The summed E-state index contributed by atoms with van der Waals surface area (Å²) in [5, 5.41) is 14.7. The molecule has 54 heavy (non-hydrogen) atoms. The van der Waals surface area contributed by atoms with Crippen molar-refractivity contribution in [2.75, 3.05) is 18.9 Å². The first-order chi connectivity index (χ1) is 26.2. The first kappa shape index (κ1) is 36.5. The van der Waals surface area contributed by atoms with Crippen LogP contribution >= 0.6 is 0 Å². The highest BCUT2D eigenvalue weighted by atomic mass is 16.2. The molecule has 2 fully saturated rings. The maximum Gasteiger partial charge on any atom is 0.270 e. The van der Waals surface area contributed by atoms with Gasteiger partial charge in [-0.3, -0.25) is 39.1 Å². The Labute approximate surface area is 313 Å². The number of hydrogen-bond donors (Lipinski definition) is 4. The van der Waals surface area contributed by atoms with Gasteiger partial charge in [0.05, 0.1) is 16.7 Å². The third kappa shape index (κ3) is 8.50. The zero-order valence-corrected chi connectivity index (χ0v) is 30.7. The number of fused-ring (bicyclic) bond motifs is 2. The van der Waals surface area contributed by atoms with Crippen molar-refractivity contribution in [2.45, 2.75) is 89.8 Å². The second-order valence-corrected chi connectivity index (χ2v) is 14.2. The number of benzene rings is 1. The van der Waals surface area contributed by atoms with Gasteiger partial charge in [0.1, 0.15) is 17.6 Å². The number of unbranched alkanes of at least 4 members (excludes halogenated alkanes) is 5. The minimum absolute atomic E-state index is 0.176. The van der Waals surface area contributed by atoms with Gasteiger partial charge in [0.15, 0.2) is 0 Å². The van der Waals surface area contributed by atoms with Gasteiger partial charge in [0.2, 0.25) is 11.8 Å². The Morgan fingerprint density at radius 2 is 1.83 bits per heavy atom. The Morgan fingerprint density at radius 1 is 0.981 bits per heavy atom. The van der Waals surface area contributed by atoms with Crippen LogP contribution in [0.25, 0.3) is 21.8 Å². The smallest absolute Gasteiger partial charge is 0.270 e. The molecule has 4 aromatic heterocycles. The molecule has 6 heterocycles. The number of carbonyl (C=O) groups excluding carboxylic acids is 4. The van der Waals surface area contributed by atoms with Crippen LogP contribution in [0.2, 0.25) is 0 Å². The standard InChI is InChI=1S/C41H45N9O4/c1-26-30-14-13-28(39(52)46-37-24-32-29(25-43-37)22-33(44-32)35-12-10-19-49(35)2)23-36(30)50(48-26)20-9-7-5-3-4-6-8-11-27-17-18-42-34(21-27)41(54)45-31-15-16-38(51)47-40(31)53/h13-14,17-18,21-25,31,35,44H,3-7,9-10,12,15-16,19-20H2,1-2H3,(H,45,54)(H,43,46,52)(H,47,51,53)/t31-,35+/m0/s1. The molecular formula is C41H45N9O4. The van der Waals surface area contributed by atoms with Crippen LogP contribution in [0.3, 0.4) is 0 Å². The summed E-state index contributed by atoms with van der Waals surface area (Å²) >= 11 is 0. The monoisotopic (exact) mass is 727 g/mol. The average Bonchev–Trinajstić information content (AvgIpc) is 3.88. The van der Waals surface area contributed by atoms with E-state index in [1.54, 1.807) is 12.1 Å². The van der Waals surface area contributed by atoms with Crippen LogP contribution in [-0.4, -0.2) is 72.9 Å². The number of carbonyl (C=O) groups is 4. The number of anilines is 1. The molecule has 4 N–H and O–H groups in total. The number of nitrogens with zero attached hydrogens (tertiary/aromatic N) is 5. The summed E-state index contributed by atoms with van der Waals surface area (Å²) in [7, 11) is 2.15. The van der Waals surface area contributed by atoms with Crippen LogP contribution in [0, 0.1) is 18.8 Å². The van der Waals surface area contributed by atoms with Crippen molar-refractivity contribution in [3.63, 3.8) is 0 Å². The number of imide groups is 1. The zero-order valence-electron chi connectivity index (χ0n) is 30.7. The van der Waals surface area contributed by atoms with Crippen molar-refractivity contribution in [2.24, 2.45) is 0 Å². The summed E-state index contributed by atoms with van der Waals surface area (Å²) in [5.74, 6) is 5.28. The third-order valence-corrected chi connectivity index (χ3v) is 10.3. The summed E-state index contributed by atoms with van der Waals surface area (Å²) in [4.78, 5) is 63.8. The second kappa shape index (κ2) is 16.4. The SMILES string of the molecule is Cc1nn(CCCCCCCC#Cc2ccnc(C(=O)N[C@H]3CCC(=O)NC3=O)c2)c2cc(C(=O)Nc3cc4[nH]c([C@H]5CCCN5C)cc4cn3)ccc12. The van der Waals surface area contributed by atoms with Gasteiger partial charge in [-0.15, -0.1) is 0 Å². The van der Waals surface area contributed by atoms with Gasteiger partial charge in [-0.05, 0) is 83.0 Å². The Hall–Kier alpha value is -5.87. The molecule has 0 spiro atoms. The van der Waals surface area contributed by atoms with E-state index < -0.39 is 17.9 Å². The topological polar surface area (TPSA) is 167 Å². The highest BCUT2D eigenvalue weighted by Crippen LogP contribution is 2.32. The van der Waals surface area contributed by atoms with Crippen molar-refractivity contribution in [3.05, 3.63) is 83.1 Å². The average molecular weight is 728 g/mol. The Kier molecular flexibility index (Phi) is 11.1. The maximum atomic E-state index is 13.3. The van der Waals surface area contributed by atoms with Gasteiger partial charge < -0.3 is 15.6 Å². The molecule has 4 amide bonds. The number of hydrogen-bond acceptors (Lipinski definition) is 8. The molecule has 0 radical (unpaired) electrons. The van der Waals surface area contributed by atoms with E-state index in [1.807, 2.05) is 42.1 Å². The minimum atomic E-state index is -0.755. The van der Waals surface area contributed by atoms with Gasteiger partial charge >= 0.3 is 0 Å². The predicted molar refractivity (Wildman–Crippen MR) is 206 cm³/mol. The van der Waals surface area contributed by atoms with E-state index in [4.69, 9.17) is 5.10 Å². The fourth-order valence-electron chi connectivity index (χ4n) is 7.31. The molecule has 2 aliphatic heterocycles. The van der Waals surface area contributed by atoms with E-state index >= 15 is 0 Å². The van der Waals surface area contributed by atoms with Gasteiger partial charge in [0, 0.05) is 71.5 Å². The lowest BCUT2D eigenvalue weighted by molar-refractivity contribution is -0.134. The lowest BCUT2D eigenvalue weighted by atomic mass is 10.1. The molecule has 1 aromatic carbocycles. The van der Waals surface area contributed by atoms with Crippen LogP contribution in [0.4, 0.5) is 5.82 Å². The van der Waals surface area contributed by atoms with Crippen LogP contribution in [-0.2, 0) is 16.1 Å². The highest BCUT2D eigenvalue weighted by molar-refractivity contribution is 6.06. The van der Waals surface area contributed by atoms with Gasteiger partial charge in [0.25, 0.3) is 11.8 Å². The van der Waals surface area contributed by atoms with Crippen molar-refractivity contribution in [3.8, 4) is 11.8 Å². The number of likely N-dealkylation sites (tertiary alicyclic amines) is 1. The van der Waals surface area contributed by atoms with E-state index in [9.17, 15) is 19.2 Å². The summed E-state index contributed by atoms with van der Waals surface area (Å²) < 4.78 is 2.01. The van der Waals surface area contributed by atoms with Crippen molar-refractivity contribution >= 4 is 51.3 Å². The fourth-order valence-corrected chi connectivity index (χ4v) is 7.31. The number of amides is 4. The number of aromatic nitrogens is 5. The van der Waals surface area contributed by atoms with E-state index in [-0.39, 0.29) is 30.3 Å². The summed E-state index contributed by atoms with van der Waals surface area (Å²) in [5.41, 5.74) is 5.45. The number of H-pyrrole nitrogens is 1. The second-order valence-electron chi connectivity index (χ2n) is 14.2. The highest BCUT2D eigenvalue weighted by Gasteiger charge is 2.28. The molecule has 2 atom stereocenters. The lowest BCUT2D eigenvalue weighted by Gasteiger charge is -2.21. The number of rotatable bonds is 12. The van der Waals surface area contributed by atoms with Crippen LogP contribution in [0.15, 0.2) is 54.9 Å². The first-order valence-corrected chi connectivity index (χ1v) is 18.8. The van der Waals surface area contributed by atoms with Gasteiger partial charge in [-0.1, -0.05) is 37.2 Å². The third-order valence-electron chi connectivity index (χ3n) is 10.3. The summed E-state index contributed by atoms with van der Waals surface area (Å²) in [6.07, 6.45) is 12.0. The number of aromatic amines is 1. The Morgan fingerprint density at radius 3 is 2.67 bits per heavy atom. The van der Waals surface area contributed by atoms with E-state index in [0.717, 1.165) is 85.5 Å². The molecule has 2 saturated heterocycles. The van der Waals surface area contributed by atoms with Crippen molar-refractivity contribution in [1.29, 1.82) is 0 Å². The number of pyridine rings is 2. The molecule has 13 heteroatoms. The van der Waals surface area contributed by atoms with Gasteiger partial charge in [-0.25, -0.2) is 4.98 Å². The molecule has 0 unspecified atom stereocenters. The van der Waals surface area contributed by atoms with E-state index in [1.165, 1.54) is 18.3 Å². The quantitative estimate of drug-likeness (QED) is 0.0736. The minimum Gasteiger partial charge on any atom is -0.357 e. The molecule has 0 saturated carbocycles. The number of aryl methyl sites for hydroxylation is 2. The number of nitrogens with one attached hydrogen (secondary N) is 4. The first-order valence-electron chi connectivity index (χ1n) is 18.8. The summed E-state index contributed by atoms with van der Waals surface area (Å²) in [6.45, 7) is 3.86. The normalized spacial score (nSPS) is 17.4. The van der Waals surface area contributed by atoms with Crippen LogP contribution in [0.5, 0.6) is 0 Å². The maximum absolute atomic E-state index is 13.3. The largest absolute Gasteiger partial charge is 0.357 e. The zero-order chi connectivity index (χ0) is 37.6. The molecule has 278 valence electrons. The molecular weight excluding hydrogens is 683 g/mol. The van der Waals surface area contributed by atoms with E-state index in [2.05, 4.69) is 60.8 Å². The molecule has 5 aromatic rings. The number of piperidine rings is 1. The molecule has 2 aliphatic rings. The molecule has 0 aliphatic carbocycles. The van der Waals surface area contributed by atoms with Crippen molar-refractivity contribution < 1.29 is 19.2 Å². The lowest BCUT2D eigenvalue weighted by Crippen LogP contribution is -2.52. The van der Waals surface area contributed by atoms with Crippen LogP contribution in [0.1, 0.15) is 108 Å². The Balaban J connectivity index is 0.858. The predicted octanol–water partition coefficient (Wildman–Crippen LogP) is 5.56. The molecule has 13 nitrogen and oxygen atoms in total. The molecule has 0 bridgehead atoms. The van der Waals surface area contributed by atoms with E-state index in [0.29, 0.717) is 23.0 Å². The fraction of sp³-hybridized carbons (Fsp3) is 0.390. The van der Waals surface area contributed by atoms with Crippen LogP contribution < -0.4 is 16.0 Å². The molecule has 7 rings (SSSR count). The van der Waals surface area contributed by atoms with Gasteiger partial charge in [-0.2, -0.15) is 5.10 Å².